The Morgan fingerprint density at radius 3 is 2.43 bits per heavy atom. The van der Waals surface area contributed by atoms with Crippen LogP contribution in [0.4, 0.5) is 0 Å². The number of hydrogen-bond donors (Lipinski definition) is 2. The molecule has 1 aliphatic heterocycles. The molecule has 1 aromatic rings. The van der Waals surface area contributed by atoms with Crippen molar-refractivity contribution in [2.24, 2.45) is 20.7 Å². The van der Waals surface area contributed by atoms with E-state index in [-0.39, 0.29) is 0 Å². The van der Waals surface area contributed by atoms with E-state index in [1.807, 2.05) is 0 Å². The van der Waals surface area contributed by atoms with Crippen LogP contribution >= 0.6 is 11.8 Å². The largest absolute Gasteiger partial charge is 0.493 e. The number of aliphatic carboxylic acids is 2. The predicted molar refractivity (Wildman–Crippen MR) is 103 cm³/mol. The van der Waals surface area contributed by atoms with Crippen LogP contribution in [0.25, 0.3) is 0 Å². The van der Waals surface area contributed by atoms with E-state index in [1.165, 1.54) is 6.42 Å². The summed E-state index contributed by atoms with van der Waals surface area (Å²) in [7, 11) is 0. The van der Waals surface area contributed by atoms with E-state index >= 15 is 0 Å². The van der Waals surface area contributed by atoms with Crippen LogP contribution in [0.2, 0.25) is 0 Å². The summed E-state index contributed by atoms with van der Waals surface area (Å²) in [6, 6.07) is 6.83. The van der Waals surface area contributed by atoms with Crippen LogP contribution in [-0.4, -0.2) is 33.8 Å². The molecule has 1 aromatic carbocycles. The second kappa shape index (κ2) is 10.7. The van der Waals surface area contributed by atoms with E-state index in [0.717, 1.165) is 37.4 Å². The van der Waals surface area contributed by atoms with Crippen molar-refractivity contribution in [3.8, 4) is 5.75 Å². The molecular weight excluding hydrogens is 384 g/mol. The lowest BCUT2D eigenvalue weighted by molar-refractivity contribution is -0.138. The molecular formula is C18H24N4O5S. The van der Waals surface area contributed by atoms with Gasteiger partial charge in [-0.2, -0.15) is 0 Å². The molecule has 28 heavy (non-hydrogen) atoms. The van der Waals surface area contributed by atoms with Crippen molar-refractivity contribution in [3.05, 3.63) is 29.8 Å². The Balaban J connectivity index is 2.13. The number of para-hydroxylation sites is 1. The zero-order valence-electron chi connectivity index (χ0n) is 15.7. The van der Waals surface area contributed by atoms with Gasteiger partial charge in [0.2, 0.25) is 0 Å². The molecule has 0 radical (unpaired) electrons. The van der Waals surface area contributed by atoms with E-state index in [9.17, 15) is 14.7 Å². The van der Waals surface area contributed by atoms with Gasteiger partial charge in [0.1, 0.15) is 17.4 Å². The monoisotopic (exact) mass is 408 g/mol. The first kappa shape index (κ1) is 21.8. The Labute approximate surface area is 167 Å². The highest BCUT2D eigenvalue weighted by Crippen LogP contribution is 2.47. The fourth-order valence-corrected chi connectivity index (χ4v) is 3.88. The second-order valence-corrected chi connectivity index (χ2v) is 7.69. The molecule has 0 spiro atoms. The first-order valence-electron chi connectivity index (χ1n) is 9.15. The van der Waals surface area contributed by atoms with Crippen LogP contribution in [0.3, 0.4) is 0 Å². The number of nitrogens with zero attached hydrogens (tertiary/aromatic N) is 4. The van der Waals surface area contributed by atoms with Crippen LogP contribution in [-0.2, 0) is 9.59 Å². The minimum atomic E-state index is -1.60. The highest BCUT2D eigenvalue weighted by Gasteiger charge is 2.43. The summed E-state index contributed by atoms with van der Waals surface area (Å²) in [5.41, 5.74) is 0.427. The Bertz CT molecular complexity index is 728. The lowest BCUT2D eigenvalue weighted by atomic mass is 10.1. The van der Waals surface area contributed by atoms with Crippen molar-refractivity contribution in [2.45, 2.75) is 55.7 Å². The second-order valence-electron chi connectivity index (χ2n) is 6.33. The molecule has 2 N–H and O–H groups in total. The van der Waals surface area contributed by atoms with Gasteiger partial charge in [-0.25, -0.2) is 0 Å². The standard InChI is InChI=1S/C18H24N4O5S/c1-2-3-4-5-8-11-27-14-10-7-6-9-13(14)16(17(25)26)28-18(12-15(23)24)19-21-22-20-18/h6-7,9-10,16H,2-5,8,11-12H2,1H3,(H,23,24)(H,25,26). The number of ether oxygens (including phenoxy) is 1. The quantitative estimate of drug-likeness (QED) is 0.448. The molecule has 1 unspecified atom stereocenters. The van der Waals surface area contributed by atoms with Crippen LogP contribution in [0.5, 0.6) is 5.75 Å². The Kier molecular flexibility index (Phi) is 8.37. The Morgan fingerprint density at radius 2 is 1.79 bits per heavy atom. The number of benzene rings is 1. The SMILES string of the molecule is CCCCCCCOc1ccccc1C(SC1(CC(=O)O)N=NN=N1)C(=O)O. The Hall–Kier alpha value is -2.49. The van der Waals surface area contributed by atoms with Crippen molar-refractivity contribution in [1.29, 1.82) is 0 Å². The zero-order valence-corrected chi connectivity index (χ0v) is 16.5. The fraction of sp³-hybridized carbons (Fsp3) is 0.556. The lowest BCUT2D eigenvalue weighted by Crippen LogP contribution is -2.25. The summed E-state index contributed by atoms with van der Waals surface area (Å²) in [5.74, 6) is -1.87. The van der Waals surface area contributed by atoms with Crippen molar-refractivity contribution in [1.82, 2.24) is 0 Å². The molecule has 0 saturated heterocycles. The third-order valence-corrected chi connectivity index (χ3v) is 5.44. The van der Waals surface area contributed by atoms with E-state index in [2.05, 4.69) is 27.6 Å². The molecule has 9 nitrogen and oxygen atoms in total. The summed E-state index contributed by atoms with van der Waals surface area (Å²) < 4.78 is 5.83. The molecule has 1 heterocycles. The van der Waals surface area contributed by atoms with E-state index in [4.69, 9.17) is 9.84 Å². The normalized spacial score (nSPS) is 15.5. The molecule has 152 valence electrons. The van der Waals surface area contributed by atoms with Gasteiger partial charge in [-0.1, -0.05) is 62.6 Å². The molecule has 1 atom stereocenters. The van der Waals surface area contributed by atoms with Crippen molar-refractivity contribution in [2.75, 3.05) is 6.61 Å². The van der Waals surface area contributed by atoms with Gasteiger partial charge in [-0.05, 0) is 22.9 Å². The van der Waals surface area contributed by atoms with Gasteiger partial charge in [0, 0.05) is 5.56 Å². The van der Waals surface area contributed by atoms with Gasteiger partial charge in [0.15, 0.2) is 0 Å². The van der Waals surface area contributed by atoms with Gasteiger partial charge < -0.3 is 14.9 Å². The minimum absolute atomic E-state index is 0.427. The number of unbranched alkanes of at least 4 members (excludes halogenated alkanes) is 4. The van der Waals surface area contributed by atoms with Crippen LogP contribution < -0.4 is 4.74 Å². The van der Waals surface area contributed by atoms with Crippen LogP contribution in [0.15, 0.2) is 44.9 Å². The van der Waals surface area contributed by atoms with E-state index in [1.54, 1.807) is 24.3 Å². The molecule has 2 rings (SSSR count). The summed E-state index contributed by atoms with van der Waals surface area (Å²) in [6.07, 6.45) is 4.90. The molecule has 0 bridgehead atoms. The van der Waals surface area contributed by atoms with Gasteiger partial charge in [0.05, 0.1) is 6.61 Å². The highest BCUT2D eigenvalue weighted by atomic mass is 32.2. The first-order chi connectivity index (χ1) is 13.5. The maximum absolute atomic E-state index is 11.9. The summed E-state index contributed by atoms with van der Waals surface area (Å²) in [5, 5.41) is 32.0. The molecule has 0 aliphatic carbocycles. The number of hydrogen-bond acceptors (Lipinski definition) is 8. The number of carboxylic acid groups (broad SMARTS) is 2. The molecule has 10 heteroatoms. The fourth-order valence-electron chi connectivity index (χ4n) is 2.71. The van der Waals surface area contributed by atoms with Crippen LogP contribution in [0.1, 0.15) is 56.3 Å². The summed E-state index contributed by atoms with van der Waals surface area (Å²) >= 11 is 0.773. The number of thioether (sulfide) groups is 1. The maximum Gasteiger partial charge on any atom is 0.321 e. The highest BCUT2D eigenvalue weighted by molar-refractivity contribution is 8.01. The first-order valence-corrected chi connectivity index (χ1v) is 10.0. The molecule has 0 aromatic heterocycles. The lowest BCUT2D eigenvalue weighted by Gasteiger charge is -2.23. The third-order valence-electron chi connectivity index (χ3n) is 4.06. The van der Waals surface area contributed by atoms with Gasteiger partial charge in [-0.15, -0.1) is 10.2 Å². The Morgan fingerprint density at radius 1 is 1.11 bits per heavy atom. The number of rotatable bonds is 13. The number of carboxylic acids is 2. The minimum Gasteiger partial charge on any atom is -0.493 e. The van der Waals surface area contributed by atoms with Crippen LogP contribution in [0, 0.1) is 0 Å². The molecule has 0 amide bonds. The van der Waals surface area contributed by atoms with Crippen molar-refractivity contribution >= 4 is 23.7 Å². The van der Waals surface area contributed by atoms with Crippen molar-refractivity contribution in [3.63, 3.8) is 0 Å². The topological polar surface area (TPSA) is 133 Å². The summed E-state index contributed by atoms with van der Waals surface area (Å²) in [6.45, 7) is 2.63. The maximum atomic E-state index is 11.9. The zero-order chi connectivity index (χ0) is 20.4. The average molecular weight is 408 g/mol. The molecule has 0 saturated carbocycles. The van der Waals surface area contributed by atoms with Crippen molar-refractivity contribution < 1.29 is 24.5 Å². The number of carbonyl (C=O) groups is 2. The molecule has 1 aliphatic rings. The van der Waals surface area contributed by atoms with E-state index in [0.29, 0.717) is 17.9 Å². The third kappa shape index (κ3) is 6.29. The average Bonchev–Trinajstić information content (AvgIpc) is 3.10. The van der Waals surface area contributed by atoms with Gasteiger partial charge in [0.25, 0.3) is 4.99 Å². The van der Waals surface area contributed by atoms with E-state index < -0.39 is 28.6 Å². The molecule has 0 fully saturated rings. The summed E-state index contributed by atoms with van der Waals surface area (Å²) in [4.78, 5) is 21.5. The van der Waals surface area contributed by atoms with Gasteiger partial charge >= 0.3 is 11.9 Å². The van der Waals surface area contributed by atoms with Gasteiger partial charge in [-0.3, -0.25) is 9.59 Å². The predicted octanol–water partition coefficient (Wildman–Crippen LogP) is 4.86. The smallest absolute Gasteiger partial charge is 0.321 e.